The Balaban J connectivity index is 1.10. The molecule has 0 radical (unpaired) electrons. The first-order chi connectivity index (χ1) is 27.3. The van der Waals surface area contributed by atoms with Gasteiger partial charge in [-0.05, 0) is 77.2 Å². The van der Waals surface area contributed by atoms with Crippen molar-refractivity contribution in [2.45, 2.75) is 0 Å². The molecule has 0 saturated carbocycles. The number of para-hydroxylation sites is 4. The maximum absolute atomic E-state index is 6.73. The first-order valence-corrected chi connectivity index (χ1v) is 18.8. The SMILES string of the molecule is c1ccc(-c2ccccc2N(c2ccc(-c3cccc4c3oc3c5ccccc5ccc43)cc2)c2ccc3c(c2)c2ccccc2n3-c2ccccc2)cc1. The van der Waals surface area contributed by atoms with Gasteiger partial charge in [-0.1, -0.05) is 146 Å². The molecule has 0 aliphatic heterocycles. The van der Waals surface area contributed by atoms with Crippen molar-refractivity contribution in [1.82, 2.24) is 4.57 Å². The number of aromatic nitrogens is 1. The number of hydrogen-bond donors (Lipinski definition) is 0. The van der Waals surface area contributed by atoms with Crippen LogP contribution in [0.25, 0.3) is 82.5 Å². The second kappa shape index (κ2) is 12.6. The first kappa shape index (κ1) is 31.2. The largest absolute Gasteiger partial charge is 0.455 e. The molecule has 0 bridgehead atoms. The number of hydrogen-bond acceptors (Lipinski definition) is 2. The number of nitrogens with zero attached hydrogens (tertiary/aromatic N) is 2. The topological polar surface area (TPSA) is 21.3 Å². The monoisotopic (exact) mass is 702 g/mol. The zero-order chi connectivity index (χ0) is 36.3. The van der Waals surface area contributed by atoms with Crippen molar-refractivity contribution in [1.29, 1.82) is 0 Å². The van der Waals surface area contributed by atoms with Gasteiger partial charge in [-0.15, -0.1) is 0 Å². The fourth-order valence-electron chi connectivity index (χ4n) is 8.46. The van der Waals surface area contributed by atoms with Gasteiger partial charge in [0, 0.05) is 55.1 Å². The molecule has 0 aliphatic rings. The Morgan fingerprint density at radius 1 is 0.364 bits per heavy atom. The summed E-state index contributed by atoms with van der Waals surface area (Å²) >= 11 is 0. The summed E-state index contributed by atoms with van der Waals surface area (Å²) in [5, 5.41) is 7.01. The van der Waals surface area contributed by atoms with Crippen LogP contribution in [-0.2, 0) is 0 Å². The maximum Gasteiger partial charge on any atom is 0.143 e. The Hall–Kier alpha value is -7.36. The minimum absolute atomic E-state index is 0.910. The summed E-state index contributed by atoms with van der Waals surface area (Å²) in [6.07, 6.45) is 0. The van der Waals surface area contributed by atoms with Gasteiger partial charge in [0.05, 0.1) is 16.7 Å². The van der Waals surface area contributed by atoms with Crippen LogP contribution in [0.15, 0.2) is 211 Å². The van der Waals surface area contributed by atoms with Crippen molar-refractivity contribution in [3.05, 3.63) is 206 Å². The highest BCUT2D eigenvalue weighted by atomic mass is 16.3. The van der Waals surface area contributed by atoms with Crippen molar-refractivity contribution in [2.75, 3.05) is 4.90 Å². The molecule has 258 valence electrons. The third kappa shape index (κ3) is 5.05. The zero-order valence-electron chi connectivity index (χ0n) is 29.9. The maximum atomic E-state index is 6.73. The Labute approximate surface area is 318 Å². The quantitative estimate of drug-likeness (QED) is 0.172. The van der Waals surface area contributed by atoms with Crippen LogP contribution in [-0.4, -0.2) is 4.57 Å². The Morgan fingerprint density at radius 3 is 1.84 bits per heavy atom. The molecule has 0 atom stereocenters. The molecule has 11 aromatic rings. The van der Waals surface area contributed by atoms with Gasteiger partial charge in [-0.3, -0.25) is 0 Å². The number of fused-ring (bicyclic) bond motifs is 8. The second-order valence-electron chi connectivity index (χ2n) is 14.1. The predicted molar refractivity (Wildman–Crippen MR) is 231 cm³/mol. The van der Waals surface area contributed by atoms with E-state index < -0.39 is 0 Å². The van der Waals surface area contributed by atoms with E-state index in [1.165, 1.54) is 38.3 Å². The standard InChI is InChI=1S/C52H34N2O/c1-3-14-35(15-4-1)41-19-9-11-24-48(41)53(40-31-33-50-47(34-40)44-21-10-12-25-49(44)54(50)38-17-5-2-6-18-38)39-29-26-37(27-30-39)43-22-13-23-45-46-32-28-36-16-7-8-20-42(36)52(46)55-51(43)45/h1-34H. The van der Waals surface area contributed by atoms with Crippen molar-refractivity contribution < 1.29 is 4.42 Å². The average molecular weight is 703 g/mol. The molecule has 9 aromatic carbocycles. The Morgan fingerprint density at radius 2 is 0.982 bits per heavy atom. The molecule has 55 heavy (non-hydrogen) atoms. The highest BCUT2D eigenvalue weighted by molar-refractivity contribution is 6.17. The third-order valence-electron chi connectivity index (χ3n) is 11.0. The molecule has 11 rings (SSSR count). The molecule has 0 amide bonds. The molecule has 3 heteroatoms. The van der Waals surface area contributed by atoms with Crippen LogP contribution < -0.4 is 4.90 Å². The van der Waals surface area contributed by atoms with Gasteiger partial charge in [-0.2, -0.15) is 0 Å². The summed E-state index contributed by atoms with van der Waals surface area (Å²) < 4.78 is 9.10. The molecule has 0 unspecified atom stereocenters. The lowest BCUT2D eigenvalue weighted by Crippen LogP contribution is -2.11. The molecule has 0 N–H and O–H groups in total. The second-order valence-corrected chi connectivity index (χ2v) is 14.1. The smallest absolute Gasteiger partial charge is 0.143 e. The number of benzene rings is 9. The lowest BCUT2D eigenvalue weighted by atomic mass is 9.99. The van der Waals surface area contributed by atoms with Gasteiger partial charge in [0.2, 0.25) is 0 Å². The van der Waals surface area contributed by atoms with Gasteiger partial charge in [0.25, 0.3) is 0 Å². The van der Waals surface area contributed by atoms with Crippen molar-refractivity contribution in [3.8, 4) is 27.9 Å². The predicted octanol–water partition coefficient (Wildman–Crippen LogP) is 14.6. The van der Waals surface area contributed by atoms with E-state index in [2.05, 4.69) is 216 Å². The fourth-order valence-corrected chi connectivity index (χ4v) is 8.46. The van der Waals surface area contributed by atoms with Crippen molar-refractivity contribution in [2.24, 2.45) is 0 Å². The van der Waals surface area contributed by atoms with Crippen LogP contribution >= 0.6 is 0 Å². The summed E-state index contributed by atoms with van der Waals surface area (Å²) in [5.74, 6) is 0. The number of rotatable bonds is 6. The van der Waals surface area contributed by atoms with Crippen LogP contribution in [0.1, 0.15) is 0 Å². The minimum atomic E-state index is 0.910. The normalized spacial score (nSPS) is 11.6. The molecule has 2 heterocycles. The van der Waals surface area contributed by atoms with Gasteiger partial charge in [0.15, 0.2) is 0 Å². The summed E-state index contributed by atoms with van der Waals surface area (Å²) in [6, 6.07) is 73.8. The molecule has 0 fully saturated rings. The lowest BCUT2D eigenvalue weighted by Gasteiger charge is -2.28. The van der Waals surface area contributed by atoms with Gasteiger partial charge < -0.3 is 13.9 Å². The van der Waals surface area contributed by atoms with E-state index in [0.29, 0.717) is 0 Å². The first-order valence-electron chi connectivity index (χ1n) is 18.8. The molecular weight excluding hydrogens is 669 g/mol. The summed E-state index contributed by atoms with van der Waals surface area (Å²) in [5.41, 5.74) is 13.2. The highest BCUT2D eigenvalue weighted by Crippen LogP contribution is 2.44. The Bertz CT molecular complexity index is 3190. The van der Waals surface area contributed by atoms with Crippen LogP contribution in [0.5, 0.6) is 0 Å². The van der Waals surface area contributed by atoms with E-state index in [9.17, 15) is 0 Å². The average Bonchev–Trinajstić information content (AvgIpc) is 3.81. The third-order valence-corrected chi connectivity index (χ3v) is 11.0. The molecule has 0 aliphatic carbocycles. The molecule has 2 aromatic heterocycles. The van der Waals surface area contributed by atoms with Crippen LogP contribution in [0.4, 0.5) is 17.1 Å². The van der Waals surface area contributed by atoms with E-state index in [1.54, 1.807) is 0 Å². The van der Waals surface area contributed by atoms with E-state index in [0.717, 1.165) is 61.2 Å². The number of anilines is 3. The fraction of sp³-hybridized carbons (Fsp3) is 0. The van der Waals surface area contributed by atoms with E-state index >= 15 is 0 Å². The Kier molecular flexibility index (Phi) is 7.17. The van der Waals surface area contributed by atoms with Crippen molar-refractivity contribution in [3.63, 3.8) is 0 Å². The zero-order valence-corrected chi connectivity index (χ0v) is 29.9. The summed E-state index contributed by atoms with van der Waals surface area (Å²) in [6.45, 7) is 0. The van der Waals surface area contributed by atoms with Crippen LogP contribution in [0.2, 0.25) is 0 Å². The van der Waals surface area contributed by atoms with Gasteiger partial charge in [0.1, 0.15) is 11.2 Å². The van der Waals surface area contributed by atoms with Crippen molar-refractivity contribution >= 4 is 71.6 Å². The number of furan rings is 1. The lowest BCUT2D eigenvalue weighted by molar-refractivity contribution is 0.674. The molecule has 3 nitrogen and oxygen atoms in total. The molecule has 0 spiro atoms. The van der Waals surface area contributed by atoms with Crippen LogP contribution in [0, 0.1) is 0 Å². The van der Waals surface area contributed by atoms with Gasteiger partial charge >= 0.3 is 0 Å². The van der Waals surface area contributed by atoms with E-state index in [-0.39, 0.29) is 0 Å². The summed E-state index contributed by atoms with van der Waals surface area (Å²) in [7, 11) is 0. The molecule has 0 saturated heterocycles. The molecular formula is C52H34N2O. The van der Waals surface area contributed by atoms with E-state index in [1.807, 2.05) is 0 Å². The minimum Gasteiger partial charge on any atom is -0.455 e. The summed E-state index contributed by atoms with van der Waals surface area (Å²) in [4.78, 5) is 2.40. The highest BCUT2D eigenvalue weighted by Gasteiger charge is 2.21. The van der Waals surface area contributed by atoms with Crippen LogP contribution in [0.3, 0.4) is 0 Å². The van der Waals surface area contributed by atoms with Gasteiger partial charge in [-0.25, -0.2) is 0 Å². The van der Waals surface area contributed by atoms with E-state index in [4.69, 9.17) is 4.42 Å².